The summed E-state index contributed by atoms with van der Waals surface area (Å²) in [6.45, 7) is 9.39. The lowest BCUT2D eigenvalue weighted by Crippen LogP contribution is -2.49. The van der Waals surface area contributed by atoms with Gasteiger partial charge in [0, 0.05) is 67.3 Å². The second-order valence-corrected chi connectivity index (χ2v) is 10.5. The predicted molar refractivity (Wildman–Crippen MR) is 144 cm³/mol. The van der Waals surface area contributed by atoms with Crippen molar-refractivity contribution in [2.24, 2.45) is 0 Å². The van der Waals surface area contributed by atoms with Crippen LogP contribution in [0.5, 0.6) is 0 Å². The van der Waals surface area contributed by atoms with Gasteiger partial charge in [0.05, 0.1) is 6.54 Å². The Bertz CT molecular complexity index is 1180. The molecule has 0 spiro atoms. The van der Waals surface area contributed by atoms with Gasteiger partial charge in [0.25, 0.3) is 0 Å². The van der Waals surface area contributed by atoms with E-state index in [-0.39, 0.29) is 6.09 Å². The van der Waals surface area contributed by atoms with Gasteiger partial charge in [-0.1, -0.05) is 47.7 Å². The first-order valence-corrected chi connectivity index (χ1v) is 13.5. The fourth-order valence-electron chi connectivity index (χ4n) is 4.91. The van der Waals surface area contributed by atoms with Crippen LogP contribution in [-0.4, -0.2) is 95.4 Å². The van der Waals surface area contributed by atoms with E-state index in [1.165, 1.54) is 26.5 Å². The van der Waals surface area contributed by atoms with Gasteiger partial charge in [0.2, 0.25) is 0 Å². The molecule has 5 rings (SSSR count). The number of cyclic esters (lactones) is 1. The summed E-state index contributed by atoms with van der Waals surface area (Å²) in [6, 6.07) is 16.2. The standard InChI is InChI=1S/C24H29N3O2S.C4H4O4/c1-18-6-7-22-19(16-18)17-21(20-4-2-3-5-23(20)30-22)26-11-8-25(9-12-26)10-13-27-14-15-29-24(27)28;5-3(6)1-2-4(7)8/h2-7,16,21H,8-15,17H2,1H3;1-2H,(H,5,6)(H,7,8)/b;2-1-. The van der Waals surface area contributed by atoms with Gasteiger partial charge in [-0.05, 0) is 36.6 Å². The zero-order chi connectivity index (χ0) is 27.1. The van der Waals surface area contributed by atoms with Crippen LogP contribution >= 0.6 is 11.8 Å². The number of hydrogen-bond acceptors (Lipinski definition) is 7. The molecule has 3 aliphatic rings. The molecular weight excluding hydrogens is 506 g/mol. The Hall–Kier alpha value is -3.34. The number of ether oxygens (including phenoxy) is 1. The lowest BCUT2D eigenvalue weighted by molar-refractivity contribution is -0.134. The summed E-state index contributed by atoms with van der Waals surface area (Å²) >= 11 is 1.92. The predicted octanol–water partition coefficient (Wildman–Crippen LogP) is 3.53. The normalized spacial score (nSPS) is 19.7. The summed E-state index contributed by atoms with van der Waals surface area (Å²) in [5, 5.41) is 15.6. The number of fused-ring (bicyclic) bond motifs is 2. The van der Waals surface area contributed by atoms with Crippen LogP contribution in [0.15, 0.2) is 64.4 Å². The third-order valence-electron chi connectivity index (χ3n) is 6.87. The largest absolute Gasteiger partial charge is 0.478 e. The quantitative estimate of drug-likeness (QED) is 0.533. The van der Waals surface area contributed by atoms with Crippen LogP contribution in [0.2, 0.25) is 0 Å². The van der Waals surface area contributed by atoms with Crippen molar-refractivity contribution < 1.29 is 29.3 Å². The van der Waals surface area contributed by atoms with Crippen molar-refractivity contribution in [1.29, 1.82) is 0 Å². The lowest BCUT2D eigenvalue weighted by Gasteiger charge is -2.40. The van der Waals surface area contributed by atoms with Crippen molar-refractivity contribution in [2.75, 3.05) is 52.4 Å². The van der Waals surface area contributed by atoms with Gasteiger partial charge in [-0.15, -0.1) is 0 Å². The number of carbonyl (C=O) groups is 3. The van der Waals surface area contributed by atoms with Crippen LogP contribution in [0.1, 0.15) is 22.7 Å². The van der Waals surface area contributed by atoms with Gasteiger partial charge in [0.1, 0.15) is 6.61 Å². The van der Waals surface area contributed by atoms with Crippen molar-refractivity contribution in [3.63, 3.8) is 0 Å². The van der Waals surface area contributed by atoms with Gasteiger partial charge < -0.3 is 19.8 Å². The highest BCUT2D eigenvalue weighted by atomic mass is 32.2. The first-order chi connectivity index (χ1) is 18.3. The van der Waals surface area contributed by atoms with E-state index in [0.717, 1.165) is 52.2 Å². The summed E-state index contributed by atoms with van der Waals surface area (Å²) in [5.41, 5.74) is 4.27. The molecule has 2 fully saturated rings. The number of aliphatic carboxylic acids is 2. The first kappa shape index (κ1) is 27.7. The molecule has 2 aromatic rings. The van der Waals surface area contributed by atoms with E-state index >= 15 is 0 Å². The smallest absolute Gasteiger partial charge is 0.409 e. The average Bonchev–Trinajstić information content (AvgIpc) is 3.24. The van der Waals surface area contributed by atoms with E-state index < -0.39 is 11.9 Å². The summed E-state index contributed by atoms with van der Waals surface area (Å²) in [7, 11) is 0. The molecule has 0 saturated carbocycles. The number of aryl methyl sites for hydroxylation is 1. The van der Waals surface area contributed by atoms with Crippen molar-refractivity contribution in [2.45, 2.75) is 29.2 Å². The van der Waals surface area contributed by atoms with Crippen LogP contribution in [-0.2, 0) is 20.7 Å². The molecule has 0 bridgehead atoms. The number of hydrogen-bond donors (Lipinski definition) is 2. The van der Waals surface area contributed by atoms with Gasteiger partial charge >= 0.3 is 18.0 Å². The number of carbonyl (C=O) groups excluding carboxylic acids is 1. The van der Waals surface area contributed by atoms with Crippen LogP contribution in [0.3, 0.4) is 0 Å². The molecule has 9 nitrogen and oxygen atoms in total. The number of amides is 1. The Labute approximate surface area is 226 Å². The number of carboxylic acid groups (broad SMARTS) is 2. The summed E-state index contributed by atoms with van der Waals surface area (Å²) in [4.78, 5) is 40.5. The summed E-state index contributed by atoms with van der Waals surface area (Å²) < 4.78 is 5.04. The number of benzene rings is 2. The van der Waals surface area contributed by atoms with Crippen molar-refractivity contribution in [3.8, 4) is 0 Å². The molecule has 1 atom stereocenters. The van der Waals surface area contributed by atoms with E-state index in [9.17, 15) is 14.4 Å². The van der Waals surface area contributed by atoms with Crippen LogP contribution in [0, 0.1) is 6.92 Å². The minimum atomic E-state index is -1.26. The second-order valence-electron chi connectivity index (χ2n) is 9.46. The maximum atomic E-state index is 11.7. The highest BCUT2D eigenvalue weighted by molar-refractivity contribution is 7.99. The Morgan fingerprint density at radius 2 is 1.68 bits per heavy atom. The second kappa shape index (κ2) is 12.9. The van der Waals surface area contributed by atoms with Crippen molar-refractivity contribution in [1.82, 2.24) is 14.7 Å². The lowest BCUT2D eigenvalue weighted by atomic mass is 9.96. The molecule has 38 heavy (non-hydrogen) atoms. The molecule has 202 valence electrons. The maximum Gasteiger partial charge on any atom is 0.409 e. The molecule has 0 radical (unpaired) electrons. The Morgan fingerprint density at radius 1 is 0.974 bits per heavy atom. The summed E-state index contributed by atoms with van der Waals surface area (Å²) in [5.74, 6) is -2.51. The van der Waals surface area contributed by atoms with E-state index in [1.807, 2.05) is 16.7 Å². The van der Waals surface area contributed by atoms with Gasteiger partial charge in [-0.25, -0.2) is 14.4 Å². The SMILES string of the molecule is Cc1ccc2c(c1)CC(N1CCN(CCN3CCOC3=O)CC1)c1ccccc1S2.O=C(O)/C=C\C(=O)O. The molecule has 10 heteroatoms. The van der Waals surface area contributed by atoms with Crippen LogP contribution in [0.4, 0.5) is 4.79 Å². The molecule has 3 aliphatic heterocycles. The topological polar surface area (TPSA) is 111 Å². The maximum absolute atomic E-state index is 11.7. The highest BCUT2D eigenvalue weighted by Gasteiger charge is 2.30. The monoisotopic (exact) mass is 539 g/mol. The zero-order valence-electron chi connectivity index (χ0n) is 21.4. The van der Waals surface area contributed by atoms with Crippen LogP contribution in [0.25, 0.3) is 0 Å². The van der Waals surface area contributed by atoms with Crippen LogP contribution < -0.4 is 0 Å². The molecule has 2 aromatic carbocycles. The third-order valence-corrected chi connectivity index (χ3v) is 8.08. The zero-order valence-corrected chi connectivity index (χ0v) is 22.2. The molecular formula is C28H33N3O6S. The number of piperazine rings is 1. The average molecular weight is 540 g/mol. The van der Waals surface area contributed by atoms with Gasteiger partial charge in [-0.3, -0.25) is 9.80 Å². The number of rotatable bonds is 6. The molecule has 0 aromatic heterocycles. The van der Waals surface area contributed by atoms with E-state index in [4.69, 9.17) is 14.9 Å². The highest BCUT2D eigenvalue weighted by Crippen LogP contribution is 2.43. The fraction of sp³-hybridized carbons (Fsp3) is 0.393. The Balaban J connectivity index is 0.000000368. The number of nitrogens with zero attached hydrogens (tertiary/aromatic N) is 3. The molecule has 1 amide bonds. The van der Waals surface area contributed by atoms with E-state index in [2.05, 4.69) is 59.2 Å². The minimum Gasteiger partial charge on any atom is -0.478 e. The van der Waals surface area contributed by atoms with E-state index in [1.54, 1.807) is 0 Å². The number of carboxylic acids is 2. The minimum absolute atomic E-state index is 0.157. The van der Waals surface area contributed by atoms with Crippen molar-refractivity contribution in [3.05, 3.63) is 71.3 Å². The molecule has 1 unspecified atom stereocenters. The first-order valence-electron chi connectivity index (χ1n) is 12.7. The molecule has 3 heterocycles. The third kappa shape index (κ3) is 7.37. The summed E-state index contributed by atoms with van der Waals surface area (Å²) in [6.07, 6.45) is 2.03. The molecule has 0 aliphatic carbocycles. The Kier molecular flexibility index (Phi) is 9.43. The van der Waals surface area contributed by atoms with Gasteiger partial charge in [0.15, 0.2) is 0 Å². The molecule has 2 saturated heterocycles. The van der Waals surface area contributed by atoms with E-state index in [0.29, 0.717) is 24.8 Å². The Morgan fingerprint density at radius 3 is 2.34 bits per heavy atom. The fourth-order valence-corrected chi connectivity index (χ4v) is 6.03. The molecule has 2 N–H and O–H groups in total. The van der Waals surface area contributed by atoms with Gasteiger partial charge in [-0.2, -0.15) is 0 Å². The van der Waals surface area contributed by atoms with Crippen molar-refractivity contribution >= 4 is 29.8 Å².